The highest BCUT2D eigenvalue weighted by Gasteiger charge is 2.14. The molecule has 0 atom stereocenters. The first-order valence-electron chi connectivity index (χ1n) is 8.90. The Labute approximate surface area is 171 Å². The standard InChI is InChI=1S/C20H26N2O6S/c1-22(2)20(23)14-28-16-6-8-17(9-7-16)29(24,25)21-12-11-15-5-10-18(26-3)19(13-15)27-4/h5-10,13,21H,11-12,14H2,1-4H3. The summed E-state index contributed by atoms with van der Waals surface area (Å²) in [5, 5.41) is 0. The number of sulfonamides is 1. The fourth-order valence-corrected chi connectivity index (χ4v) is 3.47. The smallest absolute Gasteiger partial charge is 0.259 e. The number of likely N-dealkylation sites (N-methyl/N-ethyl adjacent to an activating group) is 1. The van der Waals surface area contributed by atoms with E-state index in [-0.39, 0.29) is 24.0 Å². The lowest BCUT2D eigenvalue weighted by Crippen LogP contribution is -2.27. The highest BCUT2D eigenvalue weighted by molar-refractivity contribution is 7.89. The molecule has 29 heavy (non-hydrogen) atoms. The number of carbonyl (C=O) groups excluding carboxylic acids is 1. The molecular formula is C20H26N2O6S. The second-order valence-corrected chi connectivity index (χ2v) is 8.15. The van der Waals surface area contributed by atoms with E-state index in [1.807, 2.05) is 12.1 Å². The lowest BCUT2D eigenvalue weighted by Gasteiger charge is -2.12. The zero-order valence-electron chi connectivity index (χ0n) is 17.0. The van der Waals surface area contributed by atoms with Crippen molar-refractivity contribution in [1.82, 2.24) is 9.62 Å². The number of nitrogens with zero attached hydrogens (tertiary/aromatic N) is 1. The fourth-order valence-electron chi connectivity index (χ4n) is 2.44. The second-order valence-electron chi connectivity index (χ2n) is 6.39. The summed E-state index contributed by atoms with van der Waals surface area (Å²) in [5.74, 6) is 1.45. The van der Waals surface area contributed by atoms with Crippen LogP contribution in [0.4, 0.5) is 0 Å². The van der Waals surface area contributed by atoms with Crippen LogP contribution in [0.2, 0.25) is 0 Å². The molecule has 1 amide bonds. The lowest BCUT2D eigenvalue weighted by molar-refractivity contribution is -0.130. The SMILES string of the molecule is COc1ccc(CCNS(=O)(=O)c2ccc(OCC(=O)N(C)C)cc2)cc1OC. The van der Waals surface area contributed by atoms with Crippen molar-refractivity contribution >= 4 is 15.9 Å². The highest BCUT2D eigenvalue weighted by atomic mass is 32.2. The van der Waals surface area contributed by atoms with Gasteiger partial charge in [-0.15, -0.1) is 0 Å². The maximum absolute atomic E-state index is 12.5. The third kappa shape index (κ3) is 6.37. The Hall–Kier alpha value is -2.78. The number of hydrogen-bond donors (Lipinski definition) is 1. The Morgan fingerprint density at radius 2 is 1.66 bits per heavy atom. The Kier molecular flexibility index (Phi) is 7.86. The van der Waals surface area contributed by atoms with Crippen molar-refractivity contribution in [2.75, 3.05) is 41.5 Å². The first kappa shape index (κ1) is 22.5. The van der Waals surface area contributed by atoms with Gasteiger partial charge in [0.25, 0.3) is 5.91 Å². The molecule has 9 heteroatoms. The number of amides is 1. The first-order valence-corrected chi connectivity index (χ1v) is 10.4. The molecule has 0 aliphatic heterocycles. The third-order valence-corrected chi connectivity index (χ3v) is 5.63. The minimum Gasteiger partial charge on any atom is -0.493 e. The Bertz CT molecular complexity index is 926. The summed E-state index contributed by atoms with van der Waals surface area (Å²) in [4.78, 5) is 13.1. The normalized spacial score (nSPS) is 11.0. The molecule has 8 nitrogen and oxygen atoms in total. The molecule has 158 valence electrons. The van der Waals surface area contributed by atoms with Crippen LogP contribution in [0.15, 0.2) is 47.4 Å². The molecule has 2 aromatic rings. The Balaban J connectivity index is 1.93. The van der Waals surface area contributed by atoms with Crippen LogP contribution in [0.1, 0.15) is 5.56 Å². The predicted molar refractivity (Wildman–Crippen MR) is 109 cm³/mol. The van der Waals surface area contributed by atoms with Crippen molar-refractivity contribution < 1.29 is 27.4 Å². The summed E-state index contributed by atoms with van der Waals surface area (Å²) in [6.07, 6.45) is 0.493. The van der Waals surface area contributed by atoms with Gasteiger partial charge in [-0.1, -0.05) is 6.07 Å². The summed E-state index contributed by atoms with van der Waals surface area (Å²) < 4.78 is 43.3. The number of carbonyl (C=O) groups is 1. The molecule has 0 radical (unpaired) electrons. The van der Waals surface area contributed by atoms with Gasteiger partial charge < -0.3 is 19.1 Å². The van der Waals surface area contributed by atoms with E-state index in [9.17, 15) is 13.2 Å². The summed E-state index contributed by atoms with van der Waals surface area (Å²) >= 11 is 0. The van der Waals surface area contributed by atoms with Gasteiger partial charge in [0.1, 0.15) is 5.75 Å². The van der Waals surface area contributed by atoms with Crippen LogP contribution in [0.5, 0.6) is 17.2 Å². The molecule has 0 heterocycles. The fraction of sp³-hybridized carbons (Fsp3) is 0.350. The Morgan fingerprint density at radius 1 is 1.00 bits per heavy atom. The van der Waals surface area contributed by atoms with Crippen molar-refractivity contribution in [3.05, 3.63) is 48.0 Å². The summed E-state index contributed by atoms with van der Waals surface area (Å²) in [6.45, 7) is 0.121. The van der Waals surface area contributed by atoms with Crippen molar-refractivity contribution in [3.63, 3.8) is 0 Å². The number of benzene rings is 2. The molecule has 0 unspecified atom stereocenters. The van der Waals surface area contributed by atoms with Crippen LogP contribution in [-0.2, 0) is 21.2 Å². The van der Waals surface area contributed by atoms with Gasteiger partial charge in [0, 0.05) is 20.6 Å². The summed E-state index contributed by atoms with van der Waals surface area (Å²) in [6, 6.07) is 11.4. The van der Waals surface area contributed by atoms with E-state index in [4.69, 9.17) is 14.2 Å². The van der Waals surface area contributed by atoms with Gasteiger partial charge in [0.2, 0.25) is 10.0 Å². The number of nitrogens with one attached hydrogen (secondary N) is 1. The molecular weight excluding hydrogens is 396 g/mol. The van der Waals surface area contributed by atoms with Crippen LogP contribution < -0.4 is 18.9 Å². The van der Waals surface area contributed by atoms with Gasteiger partial charge in [0.05, 0.1) is 19.1 Å². The number of methoxy groups -OCH3 is 2. The van der Waals surface area contributed by atoms with Crippen molar-refractivity contribution in [2.45, 2.75) is 11.3 Å². The summed E-state index contributed by atoms with van der Waals surface area (Å²) in [7, 11) is 2.72. The number of hydrogen-bond acceptors (Lipinski definition) is 6. The topological polar surface area (TPSA) is 94.2 Å². The van der Waals surface area contributed by atoms with E-state index >= 15 is 0 Å². The van der Waals surface area contributed by atoms with Gasteiger partial charge in [-0.05, 0) is 48.4 Å². The van der Waals surface area contributed by atoms with Gasteiger partial charge in [0.15, 0.2) is 18.1 Å². The first-order chi connectivity index (χ1) is 13.8. The van der Waals surface area contributed by atoms with Gasteiger partial charge in [-0.25, -0.2) is 13.1 Å². The van der Waals surface area contributed by atoms with Crippen LogP contribution >= 0.6 is 0 Å². The third-order valence-electron chi connectivity index (χ3n) is 4.15. The maximum atomic E-state index is 12.5. The Morgan fingerprint density at radius 3 is 2.24 bits per heavy atom. The molecule has 0 aliphatic carbocycles. The van der Waals surface area contributed by atoms with Gasteiger partial charge >= 0.3 is 0 Å². The predicted octanol–water partition coefficient (Wildman–Crippen LogP) is 1.69. The van der Waals surface area contributed by atoms with Gasteiger partial charge in [-0.2, -0.15) is 0 Å². The number of rotatable bonds is 10. The van der Waals surface area contributed by atoms with E-state index in [1.54, 1.807) is 34.4 Å². The van der Waals surface area contributed by atoms with E-state index in [0.29, 0.717) is 23.7 Å². The largest absolute Gasteiger partial charge is 0.493 e. The molecule has 0 aliphatic rings. The minimum absolute atomic E-state index is 0.108. The maximum Gasteiger partial charge on any atom is 0.259 e. The zero-order valence-corrected chi connectivity index (χ0v) is 17.8. The molecule has 0 saturated heterocycles. The van der Waals surface area contributed by atoms with Crippen molar-refractivity contribution in [1.29, 1.82) is 0 Å². The van der Waals surface area contributed by atoms with Crippen LogP contribution in [0, 0.1) is 0 Å². The van der Waals surface area contributed by atoms with Crippen LogP contribution in [-0.4, -0.2) is 60.7 Å². The molecule has 0 aromatic heterocycles. The second kappa shape index (κ2) is 10.1. The van der Waals surface area contributed by atoms with Crippen molar-refractivity contribution in [3.8, 4) is 17.2 Å². The number of ether oxygens (including phenoxy) is 3. The van der Waals surface area contributed by atoms with Crippen molar-refractivity contribution in [2.24, 2.45) is 0 Å². The monoisotopic (exact) mass is 422 g/mol. The lowest BCUT2D eigenvalue weighted by atomic mass is 10.1. The average molecular weight is 423 g/mol. The van der Waals surface area contributed by atoms with E-state index < -0.39 is 10.0 Å². The molecule has 1 N–H and O–H groups in total. The molecule has 2 aromatic carbocycles. The molecule has 0 fully saturated rings. The molecule has 0 bridgehead atoms. The van der Waals surface area contributed by atoms with Gasteiger partial charge in [-0.3, -0.25) is 4.79 Å². The molecule has 0 spiro atoms. The molecule has 0 saturated carbocycles. The van der Waals surface area contributed by atoms with E-state index in [1.165, 1.54) is 29.2 Å². The quantitative estimate of drug-likeness (QED) is 0.626. The van der Waals surface area contributed by atoms with E-state index in [2.05, 4.69) is 4.72 Å². The van der Waals surface area contributed by atoms with Crippen LogP contribution in [0.3, 0.4) is 0 Å². The summed E-state index contributed by atoms with van der Waals surface area (Å²) in [5.41, 5.74) is 0.916. The van der Waals surface area contributed by atoms with E-state index in [0.717, 1.165) is 5.56 Å². The van der Waals surface area contributed by atoms with Crippen LogP contribution in [0.25, 0.3) is 0 Å². The zero-order chi connectivity index (χ0) is 21.4. The minimum atomic E-state index is -3.66. The highest BCUT2D eigenvalue weighted by Crippen LogP contribution is 2.27. The molecule has 2 rings (SSSR count). The average Bonchev–Trinajstić information content (AvgIpc) is 2.71.